The van der Waals surface area contributed by atoms with Gasteiger partial charge in [-0.2, -0.15) is 26.3 Å². The molecule has 10 nitrogen and oxygen atoms in total. The topological polar surface area (TPSA) is 173 Å². The first-order valence-electron chi connectivity index (χ1n) is 2.87. The summed E-state index contributed by atoms with van der Waals surface area (Å²) in [4.78, 5) is 0. The molecule has 0 amide bonds. The number of aliphatic hydroxyl groups is 2. The van der Waals surface area contributed by atoms with E-state index < -0.39 is 33.1 Å². The average Bonchev–Trinajstić information content (AvgIpc) is 1.78. The summed E-state index contributed by atoms with van der Waals surface area (Å²) in [5.74, 6) is 0. The Morgan fingerprint density at radius 3 is 1.14 bits per heavy atom. The van der Waals surface area contributed by atoms with Gasteiger partial charge >= 0.3 is 20.6 Å². The number of nitrogens with one attached hydrogen (secondary N) is 2. The maximum absolute atomic E-state index is 10.0. The van der Waals surface area contributed by atoms with Crippen LogP contribution in [0.2, 0.25) is 0 Å². The SMILES string of the molecule is O=S(=O)(O)NC(O)C(O)NS(=O)(=O)O. The molecule has 2 unspecified atom stereocenters. The van der Waals surface area contributed by atoms with Crippen LogP contribution in [0, 0.1) is 0 Å². The number of hydrogen-bond donors (Lipinski definition) is 6. The van der Waals surface area contributed by atoms with Gasteiger partial charge in [0.1, 0.15) is 0 Å². The second-order valence-corrected chi connectivity index (χ2v) is 4.45. The van der Waals surface area contributed by atoms with E-state index in [1.165, 1.54) is 0 Å². The van der Waals surface area contributed by atoms with Gasteiger partial charge in [0.2, 0.25) is 0 Å². The maximum Gasteiger partial charge on any atom is 0.335 e. The van der Waals surface area contributed by atoms with E-state index in [2.05, 4.69) is 0 Å². The fourth-order valence-corrected chi connectivity index (χ4v) is 1.30. The van der Waals surface area contributed by atoms with Crippen LogP contribution >= 0.6 is 0 Å². The quantitative estimate of drug-likeness (QED) is 0.215. The molecular formula is C2H8N2O8S2. The highest BCUT2D eigenvalue weighted by atomic mass is 32.2. The fraction of sp³-hybridized carbons (Fsp3) is 1.00. The maximum atomic E-state index is 10.0. The van der Waals surface area contributed by atoms with Crippen LogP contribution in [0.1, 0.15) is 0 Å². The third-order valence-electron chi connectivity index (χ3n) is 0.838. The van der Waals surface area contributed by atoms with Crippen LogP contribution in [0.4, 0.5) is 0 Å². The Hall–Kier alpha value is -0.340. The Bertz CT molecular complexity index is 332. The van der Waals surface area contributed by atoms with Crippen LogP contribution in [-0.4, -0.2) is 48.6 Å². The van der Waals surface area contributed by atoms with Crippen LogP contribution < -0.4 is 9.44 Å². The first-order chi connectivity index (χ1) is 6.01. The zero-order chi connectivity index (χ0) is 11.6. The van der Waals surface area contributed by atoms with Gasteiger partial charge in [-0.1, -0.05) is 0 Å². The molecule has 0 radical (unpaired) electrons. The van der Waals surface area contributed by atoms with E-state index in [1.54, 1.807) is 0 Å². The van der Waals surface area contributed by atoms with Crippen molar-refractivity contribution in [3.05, 3.63) is 0 Å². The second kappa shape index (κ2) is 4.45. The van der Waals surface area contributed by atoms with Crippen LogP contribution in [0.3, 0.4) is 0 Å². The van der Waals surface area contributed by atoms with E-state index in [0.29, 0.717) is 0 Å². The molecule has 0 bridgehead atoms. The molecule has 0 saturated carbocycles. The smallest absolute Gasteiger partial charge is 0.335 e. The van der Waals surface area contributed by atoms with E-state index in [9.17, 15) is 16.8 Å². The molecule has 2 atom stereocenters. The average molecular weight is 252 g/mol. The summed E-state index contributed by atoms with van der Waals surface area (Å²) in [6, 6.07) is 0. The summed E-state index contributed by atoms with van der Waals surface area (Å²) in [6.07, 6.45) is -4.68. The predicted octanol–water partition coefficient (Wildman–Crippen LogP) is -3.59. The molecule has 0 aliphatic rings. The highest BCUT2D eigenvalue weighted by Gasteiger charge is 2.24. The van der Waals surface area contributed by atoms with E-state index >= 15 is 0 Å². The van der Waals surface area contributed by atoms with Gasteiger partial charge in [0.05, 0.1) is 0 Å². The fourth-order valence-electron chi connectivity index (χ4n) is 0.434. The van der Waals surface area contributed by atoms with Crippen molar-refractivity contribution in [2.45, 2.75) is 12.5 Å². The van der Waals surface area contributed by atoms with Crippen molar-refractivity contribution in [2.24, 2.45) is 0 Å². The first-order valence-corrected chi connectivity index (χ1v) is 5.75. The molecule has 0 rings (SSSR count). The van der Waals surface area contributed by atoms with E-state index in [1.807, 2.05) is 0 Å². The molecule has 0 heterocycles. The minimum atomic E-state index is -4.80. The number of rotatable bonds is 5. The minimum absolute atomic E-state index is 1.04. The molecule has 0 fully saturated rings. The third-order valence-corrected chi connectivity index (χ3v) is 1.92. The summed E-state index contributed by atoms with van der Waals surface area (Å²) in [5.41, 5.74) is 0. The first kappa shape index (κ1) is 13.7. The van der Waals surface area contributed by atoms with Crippen LogP contribution in [0.25, 0.3) is 0 Å². The van der Waals surface area contributed by atoms with E-state index in [4.69, 9.17) is 19.3 Å². The third kappa shape index (κ3) is 7.10. The predicted molar refractivity (Wildman–Crippen MR) is 41.4 cm³/mol. The Morgan fingerprint density at radius 2 is 1.00 bits per heavy atom. The monoisotopic (exact) mass is 252 g/mol. The van der Waals surface area contributed by atoms with Crippen molar-refractivity contribution in [3.63, 3.8) is 0 Å². The number of aliphatic hydroxyl groups excluding tert-OH is 2. The van der Waals surface area contributed by atoms with Gasteiger partial charge in [-0.3, -0.25) is 9.11 Å². The van der Waals surface area contributed by atoms with Gasteiger partial charge < -0.3 is 10.2 Å². The van der Waals surface area contributed by atoms with Gasteiger partial charge in [0.15, 0.2) is 12.5 Å². The number of hydrogen-bond acceptors (Lipinski definition) is 6. The zero-order valence-electron chi connectivity index (χ0n) is 6.39. The Kier molecular flexibility index (Phi) is 4.34. The Labute approximate surface area is 79.3 Å². The van der Waals surface area contributed by atoms with Crippen molar-refractivity contribution in [1.82, 2.24) is 9.44 Å². The molecule has 0 spiro atoms. The largest absolute Gasteiger partial charge is 0.373 e. The lowest BCUT2D eigenvalue weighted by atomic mass is 10.5. The van der Waals surface area contributed by atoms with Crippen LogP contribution in [0.5, 0.6) is 0 Å². The highest BCUT2D eigenvalue weighted by Crippen LogP contribution is 1.90. The lowest BCUT2D eigenvalue weighted by molar-refractivity contribution is 0.00383. The minimum Gasteiger partial charge on any atom is -0.373 e. The standard InChI is InChI=1S/C2H8N2O8S2/c5-1(3-13(7,8)9)2(6)4-14(10,11)12/h1-6H,(H,7,8,9)(H,10,11,12). The molecule has 0 aromatic heterocycles. The molecule has 0 aromatic rings. The van der Waals surface area contributed by atoms with Crippen molar-refractivity contribution >= 4 is 20.6 Å². The summed E-state index contributed by atoms with van der Waals surface area (Å²) >= 11 is 0. The van der Waals surface area contributed by atoms with E-state index in [-0.39, 0.29) is 0 Å². The Balaban J connectivity index is 4.35. The molecule has 86 valence electrons. The lowest BCUT2D eigenvalue weighted by Gasteiger charge is -2.16. The van der Waals surface area contributed by atoms with Gasteiger partial charge in [0.25, 0.3) is 0 Å². The van der Waals surface area contributed by atoms with Crippen LogP contribution in [0.15, 0.2) is 0 Å². The van der Waals surface area contributed by atoms with Gasteiger partial charge in [-0.15, -0.1) is 0 Å². The summed E-state index contributed by atoms with van der Waals surface area (Å²) < 4.78 is 58.4. The molecule has 0 aromatic carbocycles. The van der Waals surface area contributed by atoms with Gasteiger partial charge in [-0.25, -0.2) is 0 Å². The Morgan fingerprint density at radius 1 is 0.786 bits per heavy atom. The van der Waals surface area contributed by atoms with Crippen molar-refractivity contribution in [1.29, 1.82) is 0 Å². The molecule has 12 heteroatoms. The summed E-state index contributed by atoms with van der Waals surface area (Å²) in [6.45, 7) is 0. The molecular weight excluding hydrogens is 244 g/mol. The van der Waals surface area contributed by atoms with Gasteiger partial charge in [0, 0.05) is 0 Å². The molecule has 14 heavy (non-hydrogen) atoms. The normalized spacial score (nSPS) is 17.7. The highest BCUT2D eigenvalue weighted by molar-refractivity contribution is 7.84. The van der Waals surface area contributed by atoms with Crippen molar-refractivity contribution in [3.8, 4) is 0 Å². The van der Waals surface area contributed by atoms with Crippen molar-refractivity contribution in [2.75, 3.05) is 0 Å². The second-order valence-electron chi connectivity index (χ2n) is 2.08. The summed E-state index contributed by atoms with van der Waals surface area (Å²) in [5, 5.41) is 17.4. The van der Waals surface area contributed by atoms with Crippen LogP contribution in [-0.2, 0) is 20.6 Å². The van der Waals surface area contributed by atoms with Gasteiger partial charge in [-0.05, 0) is 0 Å². The molecule has 0 aliphatic carbocycles. The van der Waals surface area contributed by atoms with E-state index in [0.717, 1.165) is 9.44 Å². The molecule has 0 aliphatic heterocycles. The summed E-state index contributed by atoms with van der Waals surface area (Å²) in [7, 11) is -9.60. The lowest BCUT2D eigenvalue weighted by Crippen LogP contribution is -2.51. The zero-order valence-corrected chi connectivity index (χ0v) is 8.03. The van der Waals surface area contributed by atoms with Crippen molar-refractivity contribution < 1.29 is 36.2 Å². The molecule has 6 N–H and O–H groups in total. The molecule has 0 saturated heterocycles.